The molecule has 0 fully saturated rings. The molecule has 2 heterocycles. The van der Waals surface area contributed by atoms with Gasteiger partial charge in [0, 0.05) is 5.56 Å². The molecule has 0 aliphatic rings. The van der Waals surface area contributed by atoms with Crippen molar-refractivity contribution in [2.45, 2.75) is 20.5 Å². The van der Waals surface area contributed by atoms with Gasteiger partial charge >= 0.3 is 0 Å². The van der Waals surface area contributed by atoms with E-state index in [4.69, 9.17) is 16.3 Å². The van der Waals surface area contributed by atoms with Crippen molar-refractivity contribution in [3.05, 3.63) is 74.4 Å². The number of anilines is 1. The Morgan fingerprint density at radius 3 is 2.79 bits per heavy atom. The Balaban J connectivity index is 1.42. The predicted octanol–water partition coefficient (Wildman–Crippen LogP) is 6.46. The lowest BCUT2D eigenvalue weighted by molar-refractivity contribution is 0.103. The number of amides is 1. The number of halogens is 1. The maximum Gasteiger partial charge on any atom is 0.267 e. The number of nitrogens with one attached hydrogen (secondary N) is 1. The maximum absolute atomic E-state index is 12.5. The van der Waals surface area contributed by atoms with E-state index in [1.807, 2.05) is 55.6 Å². The number of hydrogen-bond donors (Lipinski definition) is 1. The zero-order valence-electron chi connectivity index (χ0n) is 15.3. The van der Waals surface area contributed by atoms with E-state index < -0.39 is 0 Å². The van der Waals surface area contributed by atoms with Crippen LogP contribution in [0.5, 0.6) is 5.75 Å². The number of benzene rings is 2. The molecule has 4 rings (SSSR count). The van der Waals surface area contributed by atoms with Crippen LogP contribution in [0.2, 0.25) is 5.02 Å². The van der Waals surface area contributed by atoms with Crippen molar-refractivity contribution in [2.24, 2.45) is 0 Å². The molecule has 4 aromatic rings. The molecule has 0 saturated heterocycles. The van der Waals surface area contributed by atoms with Gasteiger partial charge in [0.25, 0.3) is 5.91 Å². The first-order valence-corrected chi connectivity index (χ1v) is 10.7. The maximum atomic E-state index is 12.5. The molecule has 0 bridgehead atoms. The first kappa shape index (κ1) is 18.9. The molecule has 2 aromatic carbocycles. The van der Waals surface area contributed by atoms with E-state index >= 15 is 0 Å². The number of carbonyl (C=O) groups is 1. The number of carbonyl (C=O) groups excluding carboxylic acids is 1. The van der Waals surface area contributed by atoms with Crippen molar-refractivity contribution in [3.63, 3.8) is 0 Å². The summed E-state index contributed by atoms with van der Waals surface area (Å²) in [6, 6.07) is 13.5. The SMILES string of the molecule is Cc1ccc(Cl)c(OCc2csc(C(=O)Nc3nc4ccc(C)cc4s3)c2)c1. The fourth-order valence-electron chi connectivity index (χ4n) is 2.70. The van der Waals surface area contributed by atoms with Crippen LogP contribution in [-0.4, -0.2) is 10.9 Å². The second kappa shape index (κ2) is 7.91. The third kappa shape index (κ3) is 4.19. The number of nitrogens with zero attached hydrogens (tertiary/aromatic N) is 1. The van der Waals surface area contributed by atoms with Crippen LogP contribution in [0, 0.1) is 13.8 Å². The van der Waals surface area contributed by atoms with Gasteiger partial charge in [-0.2, -0.15) is 0 Å². The van der Waals surface area contributed by atoms with Gasteiger partial charge in [0.15, 0.2) is 5.13 Å². The van der Waals surface area contributed by atoms with Crippen molar-refractivity contribution < 1.29 is 9.53 Å². The second-order valence-electron chi connectivity index (χ2n) is 6.49. The third-order valence-corrected chi connectivity index (χ3v) is 6.35. The van der Waals surface area contributed by atoms with Crippen molar-refractivity contribution in [1.82, 2.24) is 4.98 Å². The van der Waals surface area contributed by atoms with E-state index in [0.717, 1.165) is 21.3 Å². The summed E-state index contributed by atoms with van der Waals surface area (Å²) in [5, 5.41) is 5.98. The highest BCUT2D eigenvalue weighted by atomic mass is 35.5. The highest BCUT2D eigenvalue weighted by molar-refractivity contribution is 7.22. The van der Waals surface area contributed by atoms with E-state index in [1.54, 1.807) is 0 Å². The van der Waals surface area contributed by atoms with Crippen molar-refractivity contribution in [3.8, 4) is 5.75 Å². The standard InChI is InChI=1S/C21H17ClN2O2S2/c1-12-3-5-15(22)17(7-12)26-10-14-9-19(27-11-14)20(25)24-21-23-16-6-4-13(2)8-18(16)28-21/h3-9,11H,10H2,1-2H3,(H,23,24,25). The number of thiazole rings is 1. The van der Waals surface area contributed by atoms with Crippen molar-refractivity contribution in [2.75, 3.05) is 5.32 Å². The Labute approximate surface area is 175 Å². The summed E-state index contributed by atoms with van der Waals surface area (Å²) in [6.07, 6.45) is 0. The van der Waals surface area contributed by atoms with Crippen LogP contribution in [0.1, 0.15) is 26.4 Å². The van der Waals surface area contributed by atoms with E-state index in [2.05, 4.69) is 16.4 Å². The molecular weight excluding hydrogens is 412 g/mol. The molecule has 7 heteroatoms. The summed E-state index contributed by atoms with van der Waals surface area (Å²) in [7, 11) is 0. The summed E-state index contributed by atoms with van der Waals surface area (Å²) >= 11 is 9.01. The van der Waals surface area contributed by atoms with Crippen molar-refractivity contribution in [1.29, 1.82) is 0 Å². The molecule has 28 heavy (non-hydrogen) atoms. The summed E-state index contributed by atoms with van der Waals surface area (Å²) in [4.78, 5) is 17.6. The number of aryl methyl sites for hydroxylation is 2. The lowest BCUT2D eigenvalue weighted by atomic mass is 10.2. The van der Waals surface area contributed by atoms with Gasteiger partial charge in [-0.3, -0.25) is 10.1 Å². The van der Waals surface area contributed by atoms with Gasteiger partial charge in [0.2, 0.25) is 0 Å². The Hall–Kier alpha value is -2.41. The number of aromatic nitrogens is 1. The molecule has 4 nitrogen and oxygen atoms in total. The first-order valence-electron chi connectivity index (χ1n) is 8.63. The average molecular weight is 429 g/mol. The van der Waals surface area contributed by atoms with Crippen LogP contribution in [0.3, 0.4) is 0 Å². The first-order chi connectivity index (χ1) is 13.5. The second-order valence-corrected chi connectivity index (χ2v) is 8.84. The molecule has 0 aliphatic heterocycles. The minimum atomic E-state index is -0.166. The fourth-order valence-corrected chi connectivity index (χ4v) is 4.62. The summed E-state index contributed by atoms with van der Waals surface area (Å²) in [5.41, 5.74) is 4.07. The zero-order valence-corrected chi connectivity index (χ0v) is 17.7. The smallest absolute Gasteiger partial charge is 0.267 e. The number of hydrogen-bond acceptors (Lipinski definition) is 5. The Morgan fingerprint density at radius 1 is 1.14 bits per heavy atom. The predicted molar refractivity (Wildman–Crippen MR) is 117 cm³/mol. The third-order valence-electron chi connectivity index (χ3n) is 4.12. The van der Waals surface area contributed by atoms with Gasteiger partial charge in [0.05, 0.1) is 20.1 Å². The quantitative estimate of drug-likeness (QED) is 0.397. The minimum Gasteiger partial charge on any atom is -0.487 e. The number of ether oxygens (including phenoxy) is 1. The minimum absolute atomic E-state index is 0.166. The summed E-state index contributed by atoms with van der Waals surface area (Å²) < 4.78 is 6.86. The molecule has 1 N–H and O–H groups in total. The van der Waals surface area contributed by atoms with Crippen LogP contribution < -0.4 is 10.1 Å². The fraction of sp³-hybridized carbons (Fsp3) is 0.143. The monoisotopic (exact) mass is 428 g/mol. The van der Waals surface area contributed by atoms with Crippen LogP contribution in [0.4, 0.5) is 5.13 Å². The summed E-state index contributed by atoms with van der Waals surface area (Å²) in [5.74, 6) is 0.476. The normalized spacial score (nSPS) is 11.0. The van der Waals surface area contributed by atoms with E-state index in [1.165, 1.54) is 28.2 Å². The number of thiophene rings is 1. The Kier molecular flexibility index (Phi) is 5.35. The van der Waals surface area contributed by atoms with Crippen LogP contribution in [-0.2, 0) is 6.61 Å². The molecule has 0 aliphatic carbocycles. The van der Waals surface area contributed by atoms with Gasteiger partial charge in [-0.15, -0.1) is 11.3 Å². The van der Waals surface area contributed by atoms with Crippen molar-refractivity contribution >= 4 is 55.5 Å². The van der Waals surface area contributed by atoms with Gasteiger partial charge in [-0.25, -0.2) is 4.98 Å². The van der Waals surface area contributed by atoms with E-state index in [0.29, 0.717) is 27.4 Å². The van der Waals surface area contributed by atoms with E-state index in [-0.39, 0.29) is 5.91 Å². The molecule has 2 aromatic heterocycles. The Bertz CT molecular complexity index is 1170. The topological polar surface area (TPSA) is 51.2 Å². The largest absolute Gasteiger partial charge is 0.487 e. The van der Waals surface area contributed by atoms with Gasteiger partial charge in [-0.1, -0.05) is 35.1 Å². The molecule has 0 atom stereocenters. The lowest BCUT2D eigenvalue weighted by Gasteiger charge is -2.07. The van der Waals surface area contributed by atoms with Crippen LogP contribution in [0.15, 0.2) is 47.8 Å². The molecular formula is C21H17ClN2O2S2. The lowest BCUT2D eigenvalue weighted by Crippen LogP contribution is -2.09. The average Bonchev–Trinajstić information content (AvgIpc) is 3.28. The Morgan fingerprint density at radius 2 is 1.93 bits per heavy atom. The van der Waals surface area contributed by atoms with E-state index in [9.17, 15) is 4.79 Å². The molecule has 142 valence electrons. The van der Waals surface area contributed by atoms with Gasteiger partial charge < -0.3 is 4.74 Å². The number of rotatable bonds is 5. The summed E-state index contributed by atoms with van der Waals surface area (Å²) in [6.45, 7) is 4.38. The highest BCUT2D eigenvalue weighted by Gasteiger charge is 2.13. The molecule has 0 radical (unpaired) electrons. The van der Waals surface area contributed by atoms with Crippen LogP contribution in [0.25, 0.3) is 10.2 Å². The van der Waals surface area contributed by atoms with Crippen LogP contribution >= 0.6 is 34.3 Å². The molecule has 0 unspecified atom stereocenters. The highest BCUT2D eigenvalue weighted by Crippen LogP contribution is 2.29. The number of fused-ring (bicyclic) bond motifs is 1. The molecule has 0 saturated carbocycles. The van der Waals surface area contributed by atoms with Gasteiger partial charge in [-0.05, 0) is 60.7 Å². The molecule has 0 spiro atoms. The zero-order chi connectivity index (χ0) is 19.7. The van der Waals surface area contributed by atoms with Gasteiger partial charge in [0.1, 0.15) is 12.4 Å². The molecule has 1 amide bonds.